The van der Waals surface area contributed by atoms with Crippen molar-refractivity contribution in [1.82, 2.24) is 15.1 Å². The molecule has 1 aliphatic heterocycles. The molecule has 7 heteroatoms. The number of hydrogen-bond acceptors (Lipinski definition) is 4. The predicted molar refractivity (Wildman–Crippen MR) is 102 cm³/mol. The number of rotatable bonds is 4. The molecule has 1 N–H and O–H groups in total. The molecule has 4 rings (SSSR count). The van der Waals surface area contributed by atoms with E-state index in [1.54, 1.807) is 23.0 Å². The van der Waals surface area contributed by atoms with E-state index in [1.165, 1.54) is 0 Å². The van der Waals surface area contributed by atoms with Crippen molar-refractivity contribution in [2.45, 2.75) is 13.5 Å². The van der Waals surface area contributed by atoms with Crippen LogP contribution in [0.3, 0.4) is 0 Å². The summed E-state index contributed by atoms with van der Waals surface area (Å²) < 4.78 is 12.8. The highest BCUT2D eigenvalue weighted by Gasteiger charge is 2.16. The lowest BCUT2D eigenvalue weighted by Crippen LogP contribution is -2.23. The van der Waals surface area contributed by atoms with Crippen LogP contribution >= 0.6 is 11.6 Å². The number of carbonyl (C=O) groups is 1. The Morgan fingerprint density at radius 1 is 1.19 bits per heavy atom. The largest absolute Gasteiger partial charge is 0.486 e. The van der Waals surface area contributed by atoms with Gasteiger partial charge in [0.05, 0.1) is 23.1 Å². The highest BCUT2D eigenvalue weighted by molar-refractivity contribution is 6.30. The van der Waals surface area contributed by atoms with E-state index in [4.69, 9.17) is 21.1 Å². The van der Waals surface area contributed by atoms with E-state index in [0.29, 0.717) is 36.1 Å². The average Bonchev–Trinajstić information content (AvgIpc) is 3.07. The van der Waals surface area contributed by atoms with Crippen LogP contribution in [0.1, 0.15) is 21.6 Å². The molecule has 0 atom stereocenters. The van der Waals surface area contributed by atoms with Gasteiger partial charge in [-0.15, -0.1) is 0 Å². The van der Waals surface area contributed by atoms with Crippen LogP contribution in [0.25, 0.3) is 5.69 Å². The number of nitrogens with zero attached hydrogens (tertiary/aromatic N) is 2. The Hall–Kier alpha value is -2.99. The van der Waals surface area contributed by atoms with E-state index in [9.17, 15) is 4.79 Å². The topological polar surface area (TPSA) is 65.4 Å². The van der Waals surface area contributed by atoms with Crippen LogP contribution in [-0.4, -0.2) is 28.9 Å². The fourth-order valence-corrected chi connectivity index (χ4v) is 3.16. The third-order valence-corrected chi connectivity index (χ3v) is 4.60. The minimum Gasteiger partial charge on any atom is -0.486 e. The van der Waals surface area contributed by atoms with Crippen molar-refractivity contribution in [2.75, 3.05) is 13.2 Å². The van der Waals surface area contributed by atoms with Crippen LogP contribution in [0, 0.1) is 6.92 Å². The lowest BCUT2D eigenvalue weighted by molar-refractivity contribution is 0.0950. The average molecular weight is 384 g/mol. The normalized spacial score (nSPS) is 12.7. The molecule has 0 bridgehead atoms. The number of benzene rings is 2. The first-order valence-corrected chi connectivity index (χ1v) is 8.97. The van der Waals surface area contributed by atoms with Gasteiger partial charge in [0, 0.05) is 11.6 Å². The summed E-state index contributed by atoms with van der Waals surface area (Å²) in [5.74, 6) is 1.25. The number of hydrogen-bond donors (Lipinski definition) is 1. The fourth-order valence-electron chi connectivity index (χ4n) is 2.98. The van der Waals surface area contributed by atoms with Crippen LogP contribution in [0.5, 0.6) is 11.5 Å². The van der Waals surface area contributed by atoms with Gasteiger partial charge in [-0.3, -0.25) is 4.79 Å². The molecule has 27 heavy (non-hydrogen) atoms. The van der Waals surface area contributed by atoms with Gasteiger partial charge in [0.15, 0.2) is 11.5 Å². The van der Waals surface area contributed by atoms with Crippen LogP contribution in [0.15, 0.2) is 48.7 Å². The Morgan fingerprint density at radius 3 is 2.81 bits per heavy atom. The molecule has 1 aromatic heterocycles. The molecule has 1 amide bonds. The third-order valence-electron chi connectivity index (χ3n) is 4.37. The molecule has 0 saturated heterocycles. The second-order valence-corrected chi connectivity index (χ2v) is 6.63. The van der Waals surface area contributed by atoms with Crippen molar-refractivity contribution >= 4 is 17.5 Å². The Morgan fingerprint density at radius 2 is 2.00 bits per heavy atom. The highest BCUT2D eigenvalue weighted by atomic mass is 35.5. The number of aromatic nitrogens is 2. The molecule has 3 aromatic rings. The minimum atomic E-state index is -0.185. The van der Waals surface area contributed by atoms with Crippen LogP contribution in [0.4, 0.5) is 0 Å². The monoisotopic (exact) mass is 383 g/mol. The van der Waals surface area contributed by atoms with Gasteiger partial charge >= 0.3 is 0 Å². The first kappa shape index (κ1) is 17.4. The van der Waals surface area contributed by atoms with Gasteiger partial charge in [0.2, 0.25) is 0 Å². The van der Waals surface area contributed by atoms with E-state index >= 15 is 0 Å². The van der Waals surface area contributed by atoms with Crippen LogP contribution in [0.2, 0.25) is 5.02 Å². The molecule has 138 valence electrons. The van der Waals surface area contributed by atoms with Crippen LogP contribution in [-0.2, 0) is 6.54 Å². The Kier molecular flexibility index (Phi) is 4.73. The second kappa shape index (κ2) is 7.32. The molecule has 6 nitrogen and oxygen atoms in total. The molecule has 0 fully saturated rings. The maximum absolute atomic E-state index is 12.6. The van der Waals surface area contributed by atoms with Crippen molar-refractivity contribution in [3.8, 4) is 17.2 Å². The quantitative estimate of drug-likeness (QED) is 0.748. The van der Waals surface area contributed by atoms with Gasteiger partial charge in [-0.1, -0.05) is 23.7 Å². The molecule has 2 heterocycles. The van der Waals surface area contributed by atoms with Gasteiger partial charge in [-0.05, 0) is 42.8 Å². The smallest absolute Gasteiger partial charge is 0.255 e. The first-order chi connectivity index (χ1) is 13.1. The fraction of sp³-hybridized carbons (Fsp3) is 0.200. The van der Waals surface area contributed by atoms with Gasteiger partial charge in [-0.25, -0.2) is 4.68 Å². The number of amides is 1. The van der Waals surface area contributed by atoms with E-state index in [1.807, 2.05) is 37.3 Å². The second-order valence-electron chi connectivity index (χ2n) is 6.20. The van der Waals surface area contributed by atoms with Crippen molar-refractivity contribution in [2.24, 2.45) is 0 Å². The third kappa shape index (κ3) is 3.61. The summed E-state index contributed by atoms with van der Waals surface area (Å²) in [7, 11) is 0. The van der Waals surface area contributed by atoms with Gasteiger partial charge in [0.1, 0.15) is 13.2 Å². The van der Waals surface area contributed by atoms with Crippen molar-refractivity contribution in [1.29, 1.82) is 0 Å². The molecular formula is C20H18ClN3O3. The zero-order valence-corrected chi connectivity index (χ0v) is 15.5. The summed E-state index contributed by atoms with van der Waals surface area (Å²) >= 11 is 6.04. The maximum Gasteiger partial charge on any atom is 0.255 e. The van der Waals surface area contributed by atoms with Gasteiger partial charge in [-0.2, -0.15) is 5.10 Å². The van der Waals surface area contributed by atoms with Crippen LogP contribution < -0.4 is 14.8 Å². The summed E-state index contributed by atoms with van der Waals surface area (Å²) in [6, 6.07) is 13.0. The van der Waals surface area contributed by atoms with Gasteiger partial charge < -0.3 is 14.8 Å². The number of fused-ring (bicyclic) bond motifs is 1. The van der Waals surface area contributed by atoms with Crippen molar-refractivity contribution in [3.05, 3.63) is 70.5 Å². The number of carbonyl (C=O) groups excluding carboxylic acids is 1. The molecule has 0 unspecified atom stereocenters. The Labute approximate surface area is 161 Å². The predicted octanol–water partition coefficient (Wildman–Crippen LogP) is 3.54. The number of nitrogens with one attached hydrogen (secondary N) is 1. The van der Waals surface area contributed by atoms with E-state index in [0.717, 1.165) is 22.7 Å². The van der Waals surface area contributed by atoms with Gasteiger partial charge in [0.25, 0.3) is 5.91 Å². The SMILES string of the molecule is Cc1c(C(=O)NCc2ccc3c(c2)OCCO3)cnn1-c1cccc(Cl)c1. The van der Waals surface area contributed by atoms with Crippen molar-refractivity contribution in [3.63, 3.8) is 0 Å². The maximum atomic E-state index is 12.6. The summed E-state index contributed by atoms with van der Waals surface area (Å²) in [6.45, 7) is 3.33. The standard InChI is InChI=1S/C20H18ClN3O3/c1-13-17(12-23-24(13)16-4-2-3-15(21)10-16)20(25)22-11-14-5-6-18-19(9-14)27-8-7-26-18/h2-6,9-10,12H,7-8,11H2,1H3,(H,22,25). The highest BCUT2D eigenvalue weighted by Crippen LogP contribution is 2.30. The lowest BCUT2D eigenvalue weighted by Gasteiger charge is -2.19. The Balaban J connectivity index is 1.47. The Bertz CT molecular complexity index is 1000. The lowest BCUT2D eigenvalue weighted by atomic mass is 10.2. The van der Waals surface area contributed by atoms with E-state index in [2.05, 4.69) is 10.4 Å². The number of ether oxygens (including phenoxy) is 2. The molecule has 0 aliphatic carbocycles. The molecule has 0 saturated carbocycles. The molecular weight excluding hydrogens is 366 g/mol. The summed E-state index contributed by atoms with van der Waals surface area (Å²) in [4.78, 5) is 12.6. The molecule has 0 spiro atoms. The number of halogens is 1. The summed E-state index contributed by atoms with van der Waals surface area (Å²) in [6.07, 6.45) is 1.56. The van der Waals surface area contributed by atoms with Crippen molar-refractivity contribution < 1.29 is 14.3 Å². The zero-order chi connectivity index (χ0) is 18.8. The first-order valence-electron chi connectivity index (χ1n) is 8.59. The molecule has 0 radical (unpaired) electrons. The van der Waals surface area contributed by atoms with E-state index in [-0.39, 0.29) is 5.91 Å². The molecule has 1 aliphatic rings. The van der Waals surface area contributed by atoms with E-state index < -0.39 is 0 Å². The zero-order valence-electron chi connectivity index (χ0n) is 14.7. The summed E-state index contributed by atoms with van der Waals surface area (Å²) in [5.41, 5.74) is 3.02. The minimum absolute atomic E-state index is 0.185. The summed E-state index contributed by atoms with van der Waals surface area (Å²) in [5, 5.41) is 7.86. The molecule has 2 aromatic carbocycles.